The Morgan fingerprint density at radius 2 is 2.05 bits per heavy atom. The second-order valence-electron chi connectivity index (χ2n) is 6.04. The van der Waals surface area contributed by atoms with Crippen LogP contribution in [0, 0.1) is 12.8 Å². The molecule has 3 heterocycles. The Morgan fingerprint density at radius 3 is 2.68 bits per heavy atom. The fourth-order valence-electron chi connectivity index (χ4n) is 3.12. The van der Waals surface area contributed by atoms with E-state index in [1.165, 1.54) is 0 Å². The summed E-state index contributed by atoms with van der Waals surface area (Å²) >= 11 is 0. The van der Waals surface area contributed by atoms with E-state index in [9.17, 15) is 9.59 Å². The van der Waals surface area contributed by atoms with Gasteiger partial charge in [0.15, 0.2) is 5.82 Å². The number of aryl methyl sites for hydroxylation is 1. The van der Waals surface area contributed by atoms with Gasteiger partial charge in [-0.05, 0) is 19.8 Å². The maximum Gasteiger partial charge on any atom is 0.310 e. The molecular weight excluding hydrogens is 284 g/mol. The first-order valence-electron chi connectivity index (χ1n) is 7.56. The van der Waals surface area contributed by atoms with Gasteiger partial charge in [-0.15, -0.1) is 0 Å². The van der Waals surface area contributed by atoms with Crippen molar-refractivity contribution in [1.29, 1.82) is 0 Å². The zero-order valence-corrected chi connectivity index (χ0v) is 12.8. The largest absolute Gasteiger partial charge is 0.481 e. The number of carboxylic acids is 1. The zero-order chi connectivity index (χ0) is 15.9. The molecular formula is C15H20N4O3. The molecule has 1 amide bonds. The molecule has 1 aromatic heterocycles. The van der Waals surface area contributed by atoms with Crippen molar-refractivity contribution in [2.24, 2.45) is 5.92 Å². The smallest absolute Gasteiger partial charge is 0.310 e. The normalized spacial score (nSPS) is 21.8. The molecule has 2 aliphatic rings. The van der Waals surface area contributed by atoms with Crippen molar-refractivity contribution in [2.75, 3.05) is 24.5 Å². The molecule has 1 atom stereocenters. The van der Waals surface area contributed by atoms with E-state index < -0.39 is 5.97 Å². The van der Waals surface area contributed by atoms with Crippen LogP contribution in [0.5, 0.6) is 0 Å². The summed E-state index contributed by atoms with van der Waals surface area (Å²) in [5.41, 5.74) is 0.842. The number of carbonyl (C=O) groups is 2. The molecule has 1 unspecified atom stereocenters. The maximum absolute atomic E-state index is 11.7. The highest BCUT2D eigenvalue weighted by Crippen LogP contribution is 2.32. The summed E-state index contributed by atoms with van der Waals surface area (Å²) in [6.07, 6.45) is 1.84. The quantitative estimate of drug-likeness (QED) is 0.896. The Hall–Kier alpha value is -2.18. The molecule has 0 saturated carbocycles. The summed E-state index contributed by atoms with van der Waals surface area (Å²) in [6, 6.07) is 1.81. The molecule has 22 heavy (non-hydrogen) atoms. The van der Waals surface area contributed by atoms with Gasteiger partial charge in [-0.3, -0.25) is 9.59 Å². The first-order valence-corrected chi connectivity index (χ1v) is 7.56. The third-order valence-corrected chi connectivity index (χ3v) is 4.37. The highest BCUT2D eigenvalue weighted by atomic mass is 16.4. The van der Waals surface area contributed by atoms with Crippen LogP contribution in [-0.2, 0) is 9.59 Å². The molecule has 0 aliphatic carbocycles. The Bertz CT molecular complexity index is 613. The van der Waals surface area contributed by atoms with E-state index in [0.29, 0.717) is 18.9 Å². The van der Waals surface area contributed by atoms with Crippen LogP contribution in [-0.4, -0.2) is 51.5 Å². The molecule has 0 spiro atoms. The van der Waals surface area contributed by atoms with Gasteiger partial charge in [0.1, 0.15) is 5.82 Å². The van der Waals surface area contributed by atoms with Crippen LogP contribution in [0.15, 0.2) is 6.07 Å². The van der Waals surface area contributed by atoms with Crippen LogP contribution in [0.25, 0.3) is 0 Å². The number of anilines is 1. The molecule has 2 aliphatic heterocycles. The Kier molecular flexibility index (Phi) is 3.72. The Morgan fingerprint density at radius 1 is 1.32 bits per heavy atom. The number of nitrogens with zero attached hydrogens (tertiary/aromatic N) is 4. The van der Waals surface area contributed by atoms with Crippen LogP contribution in [0.2, 0.25) is 0 Å². The van der Waals surface area contributed by atoms with E-state index in [2.05, 4.69) is 9.97 Å². The average molecular weight is 304 g/mol. The predicted molar refractivity (Wildman–Crippen MR) is 79.5 cm³/mol. The maximum atomic E-state index is 11.7. The summed E-state index contributed by atoms with van der Waals surface area (Å²) in [4.78, 5) is 35.5. The summed E-state index contributed by atoms with van der Waals surface area (Å²) in [5, 5.41) is 8.97. The Labute approximate surface area is 129 Å². The van der Waals surface area contributed by atoms with E-state index >= 15 is 0 Å². The van der Waals surface area contributed by atoms with Crippen molar-refractivity contribution >= 4 is 17.7 Å². The molecule has 2 fully saturated rings. The van der Waals surface area contributed by atoms with Crippen LogP contribution in [0.4, 0.5) is 5.82 Å². The predicted octanol–water partition coefficient (Wildman–Crippen LogP) is 0.989. The van der Waals surface area contributed by atoms with Gasteiger partial charge < -0.3 is 14.9 Å². The molecule has 3 rings (SSSR count). The highest BCUT2D eigenvalue weighted by Gasteiger charge is 2.35. The molecule has 0 bridgehead atoms. The van der Waals surface area contributed by atoms with E-state index in [1.807, 2.05) is 22.8 Å². The number of rotatable bonds is 3. The highest BCUT2D eigenvalue weighted by molar-refractivity contribution is 5.74. The van der Waals surface area contributed by atoms with Gasteiger partial charge in [0.25, 0.3) is 0 Å². The minimum absolute atomic E-state index is 0.0454. The van der Waals surface area contributed by atoms with Gasteiger partial charge in [-0.1, -0.05) is 0 Å². The first-order chi connectivity index (χ1) is 10.5. The van der Waals surface area contributed by atoms with E-state index in [4.69, 9.17) is 5.11 Å². The number of aromatic nitrogens is 2. The fourth-order valence-corrected chi connectivity index (χ4v) is 3.12. The lowest BCUT2D eigenvalue weighted by Crippen LogP contribution is -2.51. The van der Waals surface area contributed by atoms with Crippen LogP contribution in [0.1, 0.15) is 37.3 Å². The van der Waals surface area contributed by atoms with Gasteiger partial charge in [0.05, 0.1) is 12.0 Å². The molecule has 7 nitrogen and oxygen atoms in total. The zero-order valence-electron chi connectivity index (χ0n) is 12.8. The SMILES string of the molecule is CC(=O)N1CCCC1c1nc(C)cc(N2CC(C(=O)O)C2)n1. The van der Waals surface area contributed by atoms with Crippen LogP contribution in [0.3, 0.4) is 0 Å². The lowest BCUT2D eigenvalue weighted by atomic mass is 10.0. The van der Waals surface area contributed by atoms with E-state index in [0.717, 1.165) is 30.9 Å². The topological polar surface area (TPSA) is 86.6 Å². The molecule has 7 heteroatoms. The molecule has 0 aromatic carbocycles. The van der Waals surface area contributed by atoms with Gasteiger partial charge in [0.2, 0.25) is 5.91 Å². The van der Waals surface area contributed by atoms with Gasteiger partial charge >= 0.3 is 5.97 Å². The number of carbonyl (C=O) groups excluding carboxylic acids is 1. The molecule has 118 valence electrons. The number of carboxylic acid groups (broad SMARTS) is 1. The minimum atomic E-state index is -0.763. The number of aliphatic carboxylic acids is 1. The standard InChI is InChI=1S/C15H20N4O3/c1-9-6-13(18-7-11(8-18)15(21)22)17-14(16-9)12-4-3-5-19(12)10(2)20/h6,11-12H,3-5,7-8H2,1-2H3,(H,21,22). The van der Waals surface area contributed by atoms with Gasteiger partial charge in [-0.25, -0.2) is 9.97 Å². The van der Waals surface area contributed by atoms with Crippen molar-refractivity contribution in [3.05, 3.63) is 17.6 Å². The average Bonchev–Trinajstić information content (AvgIpc) is 2.84. The lowest BCUT2D eigenvalue weighted by Gasteiger charge is -2.38. The molecule has 2 saturated heterocycles. The van der Waals surface area contributed by atoms with Crippen molar-refractivity contribution in [1.82, 2.24) is 14.9 Å². The fraction of sp³-hybridized carbons (Fsp3) is 0.600. The number of hydrogen-bond acceptors (Lipinski definition) is 5. The third-order valence-electron chi connectivity index (χ3n) is 4.37. The minimum Gasteiger partial charge on any atom is -0.481 e. The number of likely N-dealkylation sites (tertiary alicyclic amines) is 1. The van der Waals surface area contributed by atoms with Crippen LogP contribution < -0.4 is 4.90 Å². The molecule has 0 radical (unpaired) electrons. The molecule has 1 N–H and O–H groups in total. The second-order valence-corrected chi connectivity index (χ2v) is 6.04. The third kappa shape index (κ3) is 2.63. The monoisotopic (exact) mass is 304 g/mol. The first kappa shape index (κ1) is 14.7. The summed E-state index contributed by atoms with van der Waals surface area (Å²) in [7, 11) is 0. The number of hydrogen-bond donors (Lipinski definition) is 1. The molecule has 1 aromatic rings. The van der Waals surface area contributed by atoms with Crippen molar-refractivity contribution < 1.29 is 14.7 Å². The summed E-state index contributed by atoms with van der Waals surface area (Å²) < 4.78 is 0. The Balaban J connectivity index is 1.82. The van der Waals surface area contributed by atoms with E-state index in [-0.39, 0.29) is 17.9 Å². The summed E-state index contributed by atoms with van der Waals surface area (Å²) in [6.45, 7) is 5.17. The lowest BCUT2D eigenvalue weighted by molar-refractivity contribution is -0.142. The van der Waals surface area contributed by atoms with Gasteiger partial charge in [-0.2, -0.15) is 0 Å². The second kappa shape index (κ2) is 5.55. The summed E-state index contributed by atoms with van der Waals surface area (Å²) in [5.74, 6) is 0.389. The number of amides is 1. The van der Waals surface area contributed by atoms with Crippen molar-refractivity contribution in [2.45, 2.75) is 32.7 Å². The van der Waals surface area contributed by atoms with E-state index in [1.54, 1.807) is 6.92 Å². The van der Waals surface area contributed by atoms with Gasteiger partial charge in [0, 0.05) is 38.3 Å². The van der Waals surface area contributed by atoms with Crippen molar-refractivity contribution in [3.8, 4) is 0 Å². The van der Waals surface area contributed by atoms with Crippen LogP contribution >= 0.6 is 0 Å². The van der Waals surface area contributed by atoms with Crippen molar-refractivity contribution in [3.63, 3.8) is 0 Å².